The molecule has 0 heterocycles. The maximum Gasteiger partial charge on any atom is 0.339 e. The lowest BCUT2D eigenvalue weighted by molar-refractivity contribution is 0.0692. The Bertz CT molecular complexity index is 418. The fraction of sp³-hybridized carbons (Fsp3) is 0.462. The van der Waals surface area contributed by atoms with Crippen LogP contribution in [-0.2, 0) is 0 Å². The number of carboxylic acid groups (broad SMARTS) is 1. The molecule has 0 spiro atoms. The first-order valence-electron chi connectivity index (χ1n) is 5.92. The first-order chi connectivity index (χ1) is 8.60. The lowest BCUT2D eigenvalue weighted by Crippen LogP contribution is -2.05. The topological polar surface area (TPSA) is 55.8 Å². The third kappa shape index (κ3) is 3.81. The maximum absolute atomic E-state index is 11.1. The number of benzene rings is 1. The highest BCUT2D eigenvalue weighted by molar-refractivity contribution is 6.32. The molecular weight excluding hydrogens is 256 g/mol. The van der Waals surface area contributed by atoms with Gasteiger partial charge in [0.25, 0.3) is 0 Å². The summed E-state index contributed by atoms with van der Waals surface area (Å²) in [5.41, 5.74) is 0.0531. The second-order valence-electron chi connectivity index (χ2n) is 3.78. The van der Waals surface area contributed by atoms with Crippen molar-refractivity contribution in [3.05, 3.63) is 22.7 Å². The number of carbonyl (C=O) groups is 1. The summed E-state index contributed by atoms with van der Waals surface area (Å²) in [6, 6.07) is 2.90. The Hall–Kier alpha value is -1.42. The summed E-state index contributed by atoms with van der Waals surface area (Å²) in [5.74, 6) is -0.320. The van der Waals surface area contributed by atoms with Gasteiger partial charge in [-0.25, -0.2) is 4.79 Å². The monoisotopic (exact) mass is 272 g/mol. The van der Waals surface area contributed by atoms with Gasteiger partial charge in [0.1, 0.15) is 17.1 Å². The Kier molecular flexibility index (Phi) is 5.78. The van der Waals surface area contributed by atoms with E-state index in [2.05, 4.69) is 0 Å². The van der Waals surface area contributed by atoms with Crippen LogP contribution in [0.1, 0.15) is 37.0 Å². The molecule has 0 aromatic heterocycles. The van der Waals surface area contributed by atoms with Crippen LogP contribution >= 0.6 is 11.6 Å². The molecule has 0 bridgehead atoms. The minimum atomic E-state index is -1.06. The first-order valence-corrected chi connectivity index (χ1v) is 6.30. The second-order valence-corrected chi connectivity index (χ2v) is 4.19. The number of hydrogen-bond donors (Lipinski definition) is 1. The predicted molar refractivity (Wildman–Crippen MR) is 70.0 cm³/mol. The third-order valence-corrected chi connectivity index (χ3v) is 2.48. The number of carboxylic acids is 1. The van der Waals surface area contributed by atoms with Gasteiger partial charge in [-0.05, 0) is 18.9 Å². The van der Waals surface area contributed by atoms with E-state index in [-0.39, 0.29) is 10.6 Å². The highest BCUT2D eigenvalue weighted by Gasteiger charge is 2.16. The zero-order valence-corrected chi connectivity index (χ0v) is 11.3. The summed E-state index contributed by atoms with van der Waals surface area (Å²) in [7, 11) is 0. The number of hydrogen-bond acceptors (Lipinski definition) is 3. The molecule has 0 fully saturated rings. The fourth-order valence-electron chi connectivity index (χ4n) is 1.36. The summed E-state index contributed by atoms with van der Waals surface area (Å²) in [6.45, 7) is 4.91. The summed E-state index contributed by atoms with van der Waals surface area (Å²) in [5, 5.41) is 9.36. The largest absolute Gasteiger partial charge is 0.493 e. The summed E-state index contributed by atoms with van der Waals surface area (Å²) in [4.78, 5) is 11.1. The molecule has 0 radical (unpaired) electrons. The zero-order valence-electron chi connectivity index (χ0n) is 10.5. The normalized spacial score (nSPS) is 10.2. The van der Waals surface area contributed by atoms with Crippen molar-refractivity contribution < 1.29 is 19.4 Å². The van der Waals surface area contributed by atoms with Crippen LogP contribution in [0.15, 0.2) is 12.1 Å². The number of ether oxygens (including phenoxy) is 2. The minimum Gasteiger partial charge on any atom is -0.493 e. The second kappa shape index (κ2) is 7.11. The number of halogens is 1. The van der Waals surface area contributed by atoms with Crippen LogP contribution < -0.4 is 9.47 Å². The van der Waals surface area contributed by atoms with Gasteiger partial charge in [-0.15, -0.1) is 0 Å². The van der Waals surface area contributed by atoms with Crippen LogP contribution in [0.5, 0.6) is 11.5 Å². The Morgan fingerprint density at radius 2 is 1.72 bits per heavy atom. The Morgan fingerprint density at radius 1 is 1.17 bits per heavy atom. The van der Waals surface area contributed by atoms with E-state index in [1.807, 2.05) is 13.8 Å². The number of aromatic carboxylic acids is 1. The lowest BCUT2D eigenvalue weighted by Gasteiger charge is -2.12. The van der Waals surface area contributed by atoms with Crippen molar-refractivity contribution in [1.29, 1.82) is 0 Å². The van der Waals surface area contributed by atoms with E-state index in [1.54, 1.807) is 0 Å². The fourth-order valence-corrected chi connectivity index (χ4v) is 1.57. The molecule has 0 aliphatic carbocycles. The predicted octanol–water partition coefficient (Wildman–Crippen LogP) is 3.62. The Balaban J connectivity index is 3.05. The van der Waals surface area contributed by atoms with E-state index in [9.17, 15) is 4.79 Å². The molecule has 0 saturated heterocycles. The molecule has 5 heteroatoms. The van der Waals surface area contributed by atoms with Gasteiger partial charge >= 0.3 is 5.97 Å². The summed E-state index contributed by atoms with van der Waals surface area (Å²) < 4.78 is 10.8. The molecule has 18 heavy (non-hydrogen) atoms. The first kappa shape index (κ1) is 14.6. The smallest absolute Gasteiger partial charge is 0.339 e. The molecular formula is C13H17ClO4. The lowest BCUT2D eigenvalue weighted by atomic mass is 10.2. The van der Waals surface area contributed by atoms with Crippen LogP contribution in [0, 0.1) is 0 Å². The van der Waals surface area contributed by atoms with Crippen LogP contribution in [0.2, 0.25) is 5.02 Å². The molecule has 1 aromatic carbocycles. The highest BCUT2D eigenvalue weighted by atomic mass is 35.5. The molecule has 4 nitrogen and oxygen atoms in total. The van der Waals surface area contributed by atoms with Gasteiger partial charge in [-0.2, -0.15) is 0 Å². The number of rotatable bonds is 7. The van der Waals surface area contributed by atoms with Crippen LogP contribution in [0.3, 0.4) is 0 Å². The van der Waals surface area contributed by atoms with E-state index < -0.39 is 5.97 Å². The van der Waals surface area contributed by atoms with Gasteiger partial charge in [0.05, 0.1) is 18.2 Å². The van der Waals surface area contributed by atoms with E-state index in [0.717, 1.165) is 12.8 Å². The average molecular weight is 273 g/mol. The van der Waals surface area contributed by atoms with E-state index >= 15 is 0 Å². The summed E-state index contributed by atoms with van der Waals surface area (Å²) >= 11 is 5.97. The molecule has 0 aliphatic heterocycles. The highest BCUT2D eigenvalue weighted by Crippen LogP contribution is 2.33. The SMILES string of the molecule is CCCOc1cc(OCCC)c(C(=O)O)cc1Cl. The molecule has 0 unspecified atom stereocenters. The van der Waals surface area contributed by atoms with Crippen molar-refractivity contribution in [1.82, 2.24) is 0 Å². The van der Waals surface area contributed by atoms with Crippen molar-refractivity contribution in [2.24, 2.45) is 0 Å². The van der Waals surface area contributed by atoms with Gasteiger partial charge in [-0.3, -0.25) is 0 Å². The van der Waals surface area contributed by atoms with E-state index in [1.165, 1.54) is 12.1 Å². The molecule has 0 saturated carbocycles. The molecule has 0 aliphatic rings. The van der Waals surface area contributed by atoms with Gasteiger partial charge in [0.2, 0.25) is 0 Å². The standard InChI is InChI=1S/C13H17ClO4/c1-3-5-17-11-8-12(18-6-4-2)10(14)7-9(11)13(15)16/h7-8H,3-6H2,1-2H3,(H,15,16). The molecule has 1 aromatic rings. The van der Waals surface area contributed by atoms with Gasteiger partial charge in [0, 0.05) is 6.07 Å². The van der Waals surface area contributed by atoms with Crippen LogP contribution in [0.4, 0.5) is 0 Å². The van der Waals surface area contributed by atoms with Crippen molar-refractivity contribution in [2.75, 3.05) is 13.2 Å². The van der Waals surface area contributed by atoms with E-state index in [4.69, 9.17) is 26.2 Å². The van der Waals surface area contributed by atoms with Crippen molar-refractivity contribution in [3.63, 3.8) is 0 Å². The van der Waals surface area contributed by atoms with Gasteiger partial charge in [0.15, 0.2) is 0 Å². The van der Waals surface area contributed by atoms with Gasteiger partial charge < -0.3 is 14.6 Å². The molecule has 1 N–H and O–H groups in total. The average Bonchev–Trinajstić information content (AvgIpc) is 2.35. The van der Waals surface area contributed by atoms with Crippen LogP contribution in [0.25, 0.3) is 0 Å². The molecule has 0 amide bonds. The van der Waals surface area contributed by atoms with Crippen LogP contribution in [-0.4, -0.2) is 24.3 Å². The molecule has 1 rings (SSSR count). The van der Waals surface area contributed by atoms with E-state index in [0.29, 0.717) is 24.7 Å². The van der Waals surface area contributed by atoms with Crippen molar-refractivity contribution >= 4 is 17.6 Å². The quantitative estimate of drug-likeness (QED) is 0.824. The van der Waals surface area contributed by atoms with Crippen molar-refractivity contribution in [2.45, 2.75) is 26.7 Å². The third-order valence-electron chi connectivity index (χ3n) is 2.19. The van der Waals surface area contributed by atoms with Crippen molar-refractivity contribution in [3.8, 4) is 11.5 Å². The summed E-state index contributed by atoms with van der Waals surface area (Å²) in [6.07, 6.45) is 1.65. The zero-order chi connectivity index (χ0) is 13.5. The van der Waals surface area contributed by atoms with Gasteiger partial charge in [-0.1, -0.05) is 25.4 Å². The Labute approximate surface area is 111 Å². The molecule has 0 atom stereocenters. The molecule has 100 valence electrons. The maximum atomic E-state index is 11.1. The Morgan fingerprint density at radius 3 is 2.22 bits per heavy atom. The minimum absolute atomic E-state index is 0.0531.